The molecule has 1 aliphatic carbocycles. The normalized spacial score (nSPS) is 26.2. The Kier molecular flexibility index (Phi) is 6.02. The van der Waals surface area contributed by atoms with Crippen LogP contribution in [0.4, 0.5) is 18.9 Å². The Labute approximate surface area is 176 Å². The van der Waals surface area contributed by atoms with Crippen LogP contribution in [0.25, 0.3) is 0 Å². The van der Waals surface area contributed by atoms with E-state index in [1.165, 1.54) is 37.8 Å². The number of carbonyl (C=O) groups is 1. The smallest absolute Gasteiger partial charge is 0.365 e. The van der Waals surface area contributed by atoms with Gasteiger partial charge < -0.3 is 10.2 Å². The van der Waals surface area contributed by atoms with E-state index in [2.05, 4.69) is 15.1 Å². The van der Waals surface area contributed by atoms with Crippen LogP contribution in [0.5, 0.6) is 0 Å². The zero-order valence-electron chi connectivity index (χ0n) is 17.8. The Morgan fingerprint density at radius 1 is 1.23 bits per heavy atom. The summed E-state index contributed by atoms with van der Waals surface area (Å²) in [5.41, 5.74) is 0.872. The minimum absolute atomic E-state index is 0.00708. The largest absolute Gasteiger partial charge is 0.416 e. The minimum atomic E-state index is -4.37. The zero-order chi connectivity index (χ0) is 21.5. The quantitative estimate of drug-likeness (QED) is 0.788. The highest BCUT2D eigenvalue weighted by molar-refractivity contribution is 5.82. The summed E-state index contributed by atoms with van der Waals surface area (Å²) in [6.07, 6.45) is 1.76. The highest BCUT2D eigenvalue weighted by atomic mass is 19.4. The van der Waals surface area contributed by atoms with E-state index < -0.39 is 11.7 Å². The summed E-state index contributed by atoms with van der Waals surface area (Å²) in [6.45, 7) is 6.46. The van der Waals surface area contributed by atoms with E-state index in [1.807, 2.05) is 13.8 Å². The third-order valence-corrected chi connectivity index (χ3v) is 7.25. The van der Waals surface area contributed by atoms with Gasteiger partial charge in [-0.25, -0.2) is 0 Å². The summed E-state index contributed by atoms with van der Waals surface area (Å²) in [5.74, 6) is -0.366. The molecule has 3 atom stereocenters. The number of amides is 1. The number of hydrogen-bond acceptors (Lipinski definition) is 3. The van der Waals surface area contributed by atoms with Gasteiger partial charge in [0.25, 0.3) is 0 Å². The number of nitrogens with zero attached hydrogens (tertiary/aromatic N) is 2. The van der Waals surface area contributed by atoms with Gasteiger partial charge in [0.2, 0.25) is 5.91 Å². The predicted molar refractivity (Wildman–Crippen MR) is 111 cm³/mol. The van der Waals surface area contributed by atoms with Crippen LogP contribution in [-0.4, -0.2) is 48.6 Å². The molecule has 0 radical (unpaired) electrons. The molecule has 4 nitrogen and oxygen atoms in total. The number of rotatable bonds is 4. The van der Waals surface area contributed by atoms with E-state index in [0.29, 0.717) is 18.0 Å². The lowest BCUT2D eigenvalue weighted by atomic mass is 9.82. The van der Waals surface area contributed by atoms with E-state index in [4.69, 9.17) is 0 Å². The highest BCUT2D eigenvalue weighted by Gasteiger charge is 2.44. The van der Waals surface area contributed by atoms with Crippen LogP contribution >= 0.6 is 0 Å². The third-order valence-electron chi connectivity index (χ3n) is 7.25. The number of piperazine rings is 1. The second-order valence-electron chi connectivity index (χ2n) is 9.16. The molecule has 0 bridgehead atoms. The molecule has 1 aromatic carbocycles. The lowest BCUT2D eigenvalue weighted by molar-refractivity contribution is -0.137. The molecule has 1 saturated heterocycles. The highest BCUT2D eigenvalue weighted by Crippen LogP contribution is 2.40. The van der Waals surface area contributed by atoms with E-state index >= 15 is 0 Å². The molecular formula is C23H32F3N3O. The molecule has 1 aromatic rings. The lowest BCUT2D eigenvalue weighted by Gasteiger charge is -2.50. The Balaban J connectivity index is 1.64. The van der Waals surface area contributed by atoms with Crippen LogP contribution in [0.2, 0.25) is 0 Å². The van der Waals surface area contributed by atoms with Gasteiger partial charge in [-0.15, -0.1) is 0 Å². The van der Waals surface area contributed by atoms with Gasteiger partial charge in [-0.05, 0) is 56.4 Å². The van der Waals surface area contributed by atoms with Gasteiger partial charge in [0.15, 0.2) is 0 Å². The maximum absolute atomic E-state index is 13.3. The summed E-state index contributed by atoms with van der Waals surface area (Å²) in [5, 5.41) is 3.09. The second kappa shape index (κ2) is 8.40. The van der Waals surface area contributed by atoms with Gasteiger partial charge in [0, 0.05) is 37.4 Å². The standard InChI is InChI=1S/C23H32F3N3O/c1-3-15(2)27-22(30)19-13-16-12-17(23(24,25)26)8-9-20(16)29-11-10-28(14-21(19)29)18-6-4-5-7-18/h8-9,12,15,18-19,21H,3-7,10-11,13-14H2,1-2H3,(H,27,30)/t15-,19+,21+/m0/s1. The molecular weight excluding hydrogens is 391 g/mol. The van der Waals surface area contributed by atoms with Crippen molar-refractivity contribution in [3.63, 3.8) is 0 Å². The first-order valence-corrected chi connectivity index (χ1v) is 11.3. The third kappa shape index (κ3) is 4.18. The lowest BCUT2D eigenvalue weighted by Crippen LogP contribution is -2.62. The fraction of sp³-hybridized carbons (Fsp3) is 0.696. The molecule has 1 saturated carbocycles. The summed E-state index contributed by atoms with van der Waals surface area (Å²) >= 11 is 0. The second-order valence-corrected chi connectivity index (χ2v) is 9.16. The van der Waals surface area contributed by atoms with Crippen molar-refractivity contribution < 1.29 is 18.0 Å². The first kappa shape index (κ1) is 21.5. The fourth-order valence-electron chi connectivity index (χ4n) is 5.37. The van der Waals surface area contributed by atoms with Crippen molar-refractivity contribution in [3.05, 3.63) is 29.3 Å². The molecule has 0 unspecified atom stereocenters. The van der Waals surface area contributed by atoms with Crippen molar-refractivity contribution in [3.8, 4) is 0 Å². The number of nitrogens with one attached hydrogen (secondary N) is 1. The van der Waals surface area contributed by atoms with Crippen molar-refractivity contribution in [2.24, 2.45) is 5.92 Å². The maximum atomic E-state index is 13.3. The SMILES string of the molecule is CC[C@H](C)NC(=O)[C@@H]1Cc2cc(C(F)(F)F)ccc2N2CCN(C3CCCC3)C[C@H]12. The Hall–Kier alpha value is -1.76. The van der Waals surface area contributed by atoms with Crippen LogP contribution < -0.4 is 10.2 Å². The molecule has 3 aliphatic rings. The first-order valence-electron chi connectivity index (χ1n) is 11.3. The topological polar surface area (TPSA) is 35.6 Å². The molecule has 2 heterocycles. The van der Waals surface area contributed by atoms with Crippen molar-refractivity contribution in [2.45, 2.75) is 76.7 Å². The minimum Gasteiger partial charge on any atom is -0.365 e. The number of alkyl halides is 3. The summed E-state index contributed by atoms with van der Waals surface area (Å²) in [7, 11) is 0. The molecule has 1 amide bonds. The molecule has 166 valence electrons. The van der Waals surface area contributed by atoms with Crippen LogP contribution in [0.3, 0.4) is 0 Å². The van der Waals surface area contributed by atoms with E-state index in [-0.39, 0.29) is 23.9 Å². The Bertz CT molecular complexity index is 775. The van der Waals surface area contributed by atoms with Crippen LogP contribution in [0.15, 0.2) is 18.2 Å². The van der Waals surface area contributed by atoms with E-state index in [1.54, 1.807) is 6.07 Å². The van der Waals surface area contributed by atoms with Crippen molar-refractivity contribution in [2.75, 3.05) is 24.5 Å². The van der Waals surface area contributed by atoms with Crippen LogP contribution in [-0.2, 0) is 17.4 Å². The number of carbonyl (C=O) groups excluding carboxylic acids is 1. The van der Waals surface area contributed by atoms with Gasteiger partial charge >= 0.3 is 6.18 Å². The molecule has 4 rings (SSSR count). The number of fused-ring (bicyclic) bond motifs is 3. The van der Waals surface area contributed by atoms with Crippen LogP contribution in [0, 0.1) is 5.92 Å². The van der Waals surface area contributed by atoms with Crippen molar-refractivity contribution in [1.29, 1.82) is 0 Å². The van der Waals surface area contributed by atoms with Gasteiger partial charge in [-0.3, -0.25) is 9.69 Å². The molecule has 30 heavy (non-hydrogen) atoms. The fourth-order valence-corrected chi connectivity index (χ4v) is 5.37. The van der Waals surface area contributed by atoms with Crippen LogP contribution in [0.1, 0.15) is 57.1 Å². The van der Waals surface area contributed by atoms with E-state index in [9.17, 15) is 18.0 Å². The van der Waals surface area contributed by atoms with Gasteiger partial charge in [0.1, 0.15) is 0 Å². The number of anilines is 1. The predicted octanol–water partition coefficient (Wildman–Crippen LogP) is 4.23. The number of halogens is 3. The molecule has 7 heteroatoms. The molecule has 0 aromatic heterocycles. The number of hydrogen-bond donors (Lipinski definition) is 1. The maximum Gasteiger partial charge on any atom is 0.416 e. The number of benzene rings is 1. The Morgan fingerprint density at radius 2 is 1.97 bits per heavy atom. The van der Waals surface area contributed by atoms with Gasteiger partial charge in [-0.2, -0.15) is 13.2 Å². The first-order chi connectivity index (χ1) is 14.3. The summed E-state index contributed by atoms with van der Waals surface area (Å²) < 4.78 is 39.9. The van der Waals surface area contributed by atoms with Crippen molar-refractivity contribution >= 4 is 11.6 Å². The Morgan fingerprint density at radius 3 is 2.63 bits per heavy atom. The average Bonchev–Trinajstić information content (AvgIpc) is 3.26. The summed E-state index contributed by atoms with van der Waals surface area (Å²) in [6, 6.07) is 4.69. The van der Waals surface area contributed by atoms with Crippen molar-refractivity contribution in [1.82, 2.24) is 10.2 Å². The van der Waals surface area contributed by atoms with Gasteiger partial charge in [0.05, 0.1) is 17.5 Å². The van der Waals surface area contributed by atoms with E-state index in [0.717, 1.165) is 31.7 Å². The molecule has 0 spiro atoms. The summed E-state index contributed by atoms with van der Waals surface area (Å²) in [4.78, 5) is 17.9. The van der Waals surface area contributed by atoms with Gasteiger partial charge in [-0.1, -0.05) is 19.8 Å². The zero-order valence-corrected chi connectivity index (χ0v) is 17.8. The molecule has 1 N–H and O–H groups in total. The monoisotopic (exact) mass is 423 g/mol. The molecule has 2 aliphatic heterocycles. The molecule has 2 fully saturated rings. The average molecular weight is 424 g/mol.